The lowest BCUT2D eigenvalue weighted by molar-refractivity contribution is -0.714. The lowest BCUT2D eigenvalue weighted by Crippen LogP contribution is -2.92. The van der Waals surface area contributed by atoms with Crippen molar-refractivity contribution >= 4 is 11.6 Å². The first kappa shape index (κ1) is 18.5. The minimum atomic E-state index is -4.43. The molecule has 1 atom stereocenters. The van der Waals surface area contributed by atoms with Crippen LogP contribution in [-0.2, 0) is 11.0 Å². The van der Waals surface area contributed by atoms with Crippen LogP contribution >= 0.6 is 0 Å². The summed E-state index contributed by atoms with van der Waals surface area (Å²) < 4.78 is 38.6. The van der Waals surface area contributed by atoms with Crippen LogP contribution in [0.5, 0.6) is 0 Å². The number of amides is 1. The Balaban J connectivity index is 1.79. The summed E-state index contributed by atoms with van der Waals surface area (Å²) in [5.74, 6) is -0.303. The molecule has 3 nitrogen and oxygen atoms in total. The van der Waals surface area contributed by atoms with Crippen molar-refractivity contribution in [1.82, 2.24) is 0 Å². The summed E-state index contributed by atoms with van der Waals surface area (Å²) in [4.78, 5) is 12.8. The van der Waals surface area contributed by atoms with E-state index in [-0.39, 0.29) is 11.6 Å². The molecule has 1 aliphatic rings. The normalized spacial score (nSPS) is 16.4. The third-order valence-corrected chi connectivity index (χ3v) is 4.76. The summed E-state index contributed by atoms with van der Waals surface area (Å²) in [5.41, 5.74) is 0.237. The molecule has 1 aliphatic carbocycles. The van der Waals surface area contributed by atoms with Gasteiger partial charge in [0.25, 0.3) is 5.91 Å². The molecule has 0 saturated heterocycles. The summed E-state index contributed by atoms with van der Waals surface area (Å²) in [5, 5.41) is 4.70. The molecular formula is C20H22F3N2O+. The Labute approximate surface area is 150 Å². The van der Waals surface area contributed by atoms with Crippen molar-refractivity contribution in [2.45, 2.75) is 43.9 Å². The molecule has 26 heavy (non-hydrogen) atoms. The molecule has 2 aromatic rings. The lowest BCUT2D eigenvalue weighted by atomic mass is 10.0. The highest BCUT2D eigenvalue weighted by Crippen LogP contribution is 2.30. The van der Waals surface area contributed by atoms with Crippen LogP contribution < -0.4 is 10.6 Å². The van der Waals surface area contributed by atoms with Gasteiger partial charge in [-0.05, 0) is 43.9 Å². The fraction of sp³-hybridized carbons (Fsp3) is 0.350. The SMILES string of the molecule is O=C(Nc1cccc(C(F)(F)F)c1)[C@H]([NH2+]C1CCCC1)c1ccccc1. The summed E-state index contributed by atoms with van der Waals surface area (Å²) in [7, 11) is 0. The van der Waals surface area contributed by atoms with Crippen molar-refractivity contribution < 1.29 is 23.3 Å². The average molecular weight is 363 g/mol. The molecule has 0 unspecified atom stereocenters. The predicted octanol–water partition coefficient (Wildman–Crippen LogP) is 3.89. The number of hydrogen-bond donors (Lipinski definition) is 2. The zero-order valence-electron chi connectivity index (χ0n) is 14.3. The smallest absolute Gasteiger partial charge is 0.330 e. The van der Waals surface area contributed by atoms with E-state index in [1.807, 2.05) is 35.6 Å². The Kier molecular flexibility index (Phi) is 5.61. The molecule has 0 spiro atoms. The number of nitrogens with one attached hydrogen (secondary N) is 1. The third kappa shape index (κ3) is 4.64. The molecule has 6 heteroatoms. The number of rotatable bonds is 5. The molecule has 0 heterocycles. The van der Waals surface area contributed by atoms with E-state index in [0.717, 1.165) is 43.4 Å². The Morgan fingerprint density at radius 2 is 1.73 bits per heavy atom. The number of quaternary nitrogens is 1. The molecule has 2 aromatic carbocycles. The van der Waals surface area contributed by atoms with Gasteiger partial charge < -0.3 is 10.6 Å². The van der Waals surface area contributed by atoms with Gasteiger partial charge in [0.2, 0.25) is 0 Å². The highest BCUT2D eigenvalue weighted by Gasteiger charge is 2.32. The fourth-order valence-electron chi connectivity index (χ4n) is 3.43. The van der Waals surface area contributed by atoms with Crippen LogP contribution in [0.15, 0.2) is 54.6 Å². The molecule has 1 fully saturated rings. The number of hydrogen-bond acceptors (Lipinski definition) is 1. The quantitative estimate of drug-likeness (QED) is 0.832. The first-order valence-corrected chi connectivity index (χ1v) is 8.81. The van der Waals surface area contributed by atoms with Gasteiger partial charge in [-0.25, -0.2) is 0 Å². The fourth-order valence-corrected chi connectivity index (χ4v) is 3.43. The number of nitrogens with two attached hydrogens (primary N) is 1. The Morgan fingerprint density at radius 3 is 2.38 bits per heavy atom. The van der Waals surface area contributed by atoms with Crippen molar-refractivity contribution in [1.29, 1.82) is 0 Å². The molecule has 3 N–H and O–H groups in total. The maximum Gasteiger partial charge on any atom is 0.416 e. The number of benzene rings is 2. The largest absolute Gasteiger partial charge is 0.416 e. The highest BCUT2D eigenvalue weighted by molar-refractivity contribution is 5.94. The van der Waals surface area contributed by atoms with Crippen LogP contribution in [-0.4, -0.2) is 11.9 Å². The van der Waals surface area contributed by atoms with Gasteiger partial charge in [0.15, 0.2) is 6.04 Å². The van der Waals surface area contributed by atoms with E-state index in [4.69, 9.17) is 0 Å². The van der Waals surface area contributed by atoms with Gasteiger partial charge in [-0.2, -0.15) is 13.2 Å². The van der Waals surface area contributed by atoms with Crippen LogP contribution in [0, 0.1) is 0 Å². The van der Waals surface area contributed by atoms with Crippen molar-refractivity contribution in [2.75, 3.05) is 5.32 Å². The van der Waals surface area contributed by atoms with Gasteiger partial charge in [0, 0.05) is 11.3 Å². The van der Waals surface area contributed by atoms with Crippen molar-refractivity contribution in [3.8, 4) is 0 Å². The zero-order chi connectivity index (χ0) is 18.6. The molecule has 0 aliphatic heterocycles. The minimum absolute atomic E-state index is 0.158. The van der Waals surface area contributed by atoms with Crippen LogP contribution in [0.3, 0.4) is 0 Å². The Morgan fingerprint density at radius 1 is 1.04 bits per heavy atom. The standard InChI is InChI=1S/C20H21F3N2O/c21-20(22,23)15-9-6-12-17(13-15)25-19(26)18(14-7-2-1-3-8-14)24-16-10-4-5-11-16/h1-3,6-9,12-13,16,18,24H,4-5,10-11H2,(H,25,26)/p+1/t18-/m1/s1. The first-order valence-electron chi connectivity index (χ1n) is 8.81. The molecule has 3 rings (SSSR count). The van der Waals surface area contributed by atoms with Gasteiger partial charge in [0.1, 0.15) is 0 Å². The van der Waals surface area contributed by atoms with E-state index in [1.54, 1.807) is 0 Å². The maximum atomic E-state index is 12.9. The molecule has 0 bridgehead atoms. The number of halogens is 3. The summed E-state index contributed by atoms with van der Waals surface area (Å²) >= 11 is 0. The second kappa shape index (κ2) is 7.91. The number of alkyl halides is 3. The van der Waals surface area contributed by atoms with E-state index < -0.39 is 17.8 Å². The molecule has 0 radical (unpaired) electrons. The van der Waals surface area contributed by atoms with Gasteiger partial charge in [-0.15, -0.1) is 0 Å². The van der Waals surface area contributed by atoms with Crippen LogP contribution in [0.2, 0.25) is 0 Å². The second-order valence-corrected chi connectivity index (χ2v) is 6.69. The van der Waals surface area contributed by atoms with Crippen LogP contribution in [0.1, 0.15) is 42.9 Å². The van der Waals surface area contributed by atoms with Gasteiger partial charge >= 0.3 is 6.18 Å². The lowest BCUT2D eigenvalue weighted by Gasteiger charge is -2.20. The van der Waals surface area contributed by atoms with Crippen molar-refractivity contribution in [3.63, 3.8) is 0 Å². The second-order valence-electron chi connectivity index (χ2n) is 6.69. The summed E-state index contributed by atoms with van der Waals surface area (Å²) in [6.45, 7) is 0. The molecule has 0 aromatic heterocycles. The van der Waals surface area contributed by atoms with E-state index in [1.165, 1.54) is 12.1 Å². The van der Waals surface area contributed by atoms with Crippen LogP contribution in [0.25, 0.3) is 0 Å². The Bertz CT molecular complexity index is 740. The monoisotopic (exact) mass is 363 g/mol. The van der Waals surface area contributed by atoms with Crippen molar-refractivity contribution in [3.05, 3.63) is 65.7 Å². The predicted molar refractivity (Wildman–Crippen MR) is 93.4 cm³/mol. The molecule has 1 amide bonds. The number of anilines is 1. The van der Waals surface area contributed by atoms with E-state index >= 15 is 0 Å². The zero-order valence-corrected chi connectivity index (χ0v) is 14.3. The summed E-state index contributed by atoms with van der Waals surface area (Å²) in [6.07, 6.45) is -0.0221. The van der Waals surface area contributed by atoms with E-state index in [2.05, 4.69) is 5.32 Å². The maximum absolute atomic E-state index is 12.9. The average Bonchev–Trinajstić information content (AvgIpc) is 3.13. The Hall–Kier alpha value is -2.34. The van der Waals surface area contributed by atoms with Crippen molar-refractivity contribution in [2.24, 2.45) is 0 Å². The minimum Gasteiger partial charge on any atom is -0.330 e. The summed E-state index contributed by atoms with van der Waals surface area (Å²) in [6, 6.07) is 14.0. The van der Waals surface area contributed by atoms with Gasteiger partial charge in [0.05, 0.1) is 11.6 Å². The number of carbonyl (C=O) groups excluding carboxylic acids is 1. The van der Waals surface area contributed by atoms with E-state index in [0.29, 0.717) is 6.04 Å². The first-order chi connectivity index (χ1) is 12.4. The molecule has 138 valence electrons. The molecule has 1 saturated carbocycles. The van der Waals surface area contributed by atoms with Crippen LogP contribution in [0.4, 0.5) is 18.9 Å². The molecular weight excluding hydrogens is 341 g/mol. The third-order valence-electron chi connectivity index (χ3n) is 4.76. The van der Waals surface area contributed by atoms with E-state index in [9.17, 15) is 18.0 Å². The van der Waals surface area contributed by atoms with Gasteiger partial charge in [-0.1, -0.05) is 36.4 Å². The number of carbonyl (C=O) groups is 1. The topological polar surface area (TPSA) is 45.7 Å². The van der Waals surface area contributed by atoms with Gasteiger partial charge in [-0.3, -0.25) is 4.79 Å². The highest BCUT2D eigenvalue weighted by atomic mass is 19.4.